The van der Waals surface area contributed by atoms with Gasteiger partial charge < -0.3 is 0 Å². The minimum atomic E-state index is -0.0538. The fraction of sp³-hybridized carbons (Fsp3) is 0.647. The molecule has 25 heavy (non-hydrogen) atoms. The van der Waals surface area contributed by atoms with Crippen molar-refractivity contribution in [1.82, 2.24) is 31.9 Å². The molecule has 0 rings (SSSR count). The van der Waals surface area contributed by atoms with Crippen molar-refractivity contribution in [1.29, 1.82) is 0 Å². The van der Waals surface area contributed by atoms with Crippen LogP contribution in [0.1, 0.15) is 47.0 Å². The van der Waals surface area contributed by atoms with Crippen LogP contribution in [0.4, 0.5) is 0 Å². The molecule has 2 amide bonds. The zero-order valence-corrected chi connectivity index (χ0v) is 17.0. The predicted octanol–water partition coefficient (Wildman–Crippen LogP) is 1.27. The molecule has 0 saturated heterocycles. The summed E-state index contributed by atoms with van der Waals surface area (Å²) in [5.41, 5.74) is 12.4. The lowest BCUT2D eigenvalue weighted by Crippen LogP contribution is -2.48. The number of hydrogen-bond acceptors (Lipinski definition) is 6. The molecule has 0 fully saturated rings. The molecule has 0 saturated carbocycles. The van der Waals surface area contributed by atoms with E-state index in [1.165, 1.54) is 10.2 Å². The lowest BCUT2D eigenvalue weighted by molar-refractivity contribution is -0.133. The van der Waals surface area contributed by atoms with E-state index < -0.39 is 0 Å². The maximum atomic E-state index is 11.5. The normalized spacial score (nSPS) is 11.5. The van der Waals surface area contributed by atoms with Gasteiger partial charge in [0.05, 0.1) is 0 Å². The summed E-state index contributed by atoms with van der Waals surface area (Å²) in [5, 5.41) is 2.68. The Labute approximate surface area is 152 Å². The van der Waals surface area contributed by atoms with Crippen LogP contribution in [0.5, 0.6) is 0 Å². The number of amides is 2. The zero-order valence-electron chi connectivity index (χ0n) is 17.0. The first-order valence-electron chi connectivity index (χ1n) is 8.56. The molecule has 0 bridgehead atoms. The standard InChI is InChI=1S/C9H19N3O.C8H17N3O/c1-5-6-7-8(2)9(13)12(10-3)11-4;1-5-6-7(2)8(12)11(9-3)10-4/h7,10-11H,5-6H2,1-4H3;6,9-10H,5H2,1-4H3. The molecule has 146 valence electrons. The van der Waals surface area contributed by atoms with Gasteiger partial charge in [-0.3, -0.25) is 9.59 Å². The minimum absolute atomic E-state index is 0.0431. The molecule has 8 heteroatoms. The van der Waals surface area contributed by atoms with Gasteiger partial charge in [-0.2, -0.15) is 0 Å². The van der Waals surface area contributed by atoms with E-state index in [0.717, 1.165) is 30.4 Å². The van der Waals surface area contributed by atoms with Crippen molar-refractivity contribution >= 4 is 11.8 Å². The van der Waals surface area contributed by atoms with E-state index in [1.54, 1.807) is 35.1 Å². The van der Waals surface area contributed by atoms with Gasteiger partial charge in [-0.25, -0.2) is 31.9 Å². The Kier molecular flexibility index (Phi) is 16.1. The molecule has 0 aromatic heterocycles. The summed E-state index contributed by atoms with van der Waals surface area (Å²) < 4.78 is 0. The Hall–Kier alpha value is -1.74. The zero-order chi connectivity index (χ0) is 19.8. The average molecular weight is 357 g/mol. The van der Waals surface area contributed by atoms with Gasteiger partial charge in [0, 0.05) is 39.3 Å². The lowest BCUT2D eigenvalue weighted by Gasteiger charge is -2.19. The van der Waals surface area contributed by atoms with Crippen LogP contribution in [-0.2, 0) is 9.59 Å². The maximum absolute atomic E-state index is 11.5. The van der Waals surface area contributed by atoms with E-state index in [-0.39, 0.29) is 11.8 Å². The van der Waals surface area contributed by atoms with Crippen molar-refractivity contribution in [3.05, 3.63) is 23.3 Å². The lowest BCUT2D eigenvalue weighted by atomic mass is 10.2. The number of nitrogens with zero attached hydrogens (tertiary/aromatic N) is 2. The second-order valence-electron chi connectivity index (χ2n) is 5.15. The van der Waals surface area contributed by atoms with Crippen LogP contribution < -0.4 is 21.7 Å². The number of allylic oxidation sites excluding steroid dienone is 2. The summed E-state index contributed by atoms with van der Waals surface area (Å²) in [6.45, 7) is 7.70. The summed E-state index contributed by atoms with van der Waals surface area (Å²) in [6, 6.07) is 0. The number of nitrogens with one attached hydrogen (secondary N) is 4. The van der Waals surface area contributed by atoms with E-state index in [4.69, 9.17) is 0 Å². The van der Waals surface area contributed by atoms with Crippen molar-refractivity contribution in [2.45, 2.75) is 47.0 Å². The fourth-order valence-electron chi connectivity index (χ4n) is 1.82. The average Bonchev–Trinajstić information content (AvgIpc) is 2.62. The first kappa shape index (κ1) is 25.5. The molecular formula is C17H36N6O2. The van der Waals surface area contributed by atoms with Crippen molar-refractivity contribution in [3.63, 3.8) is 0 Å². The van der Waals surface area contributed by atoms with Gasteiger partial charge in [-0.05, 0) is 26.7 Å². The molecule has 4 N–H and O–H groups in total. The van der Waals surface area contributed by atoms with Gasteiger partial charge in [-0.15, -0.1) is 0 Å². The predicted molar refractivity (Wildman–Crippen MR) is 103 cm³/mol. The molecule has 0 atom stereocenters. The number of carbonyl (C=O) groups is 2. The van der Waals surface area contributed by atoms with Crippen LogP contribution in [-0.4, -0.2) is 50.2 Å². The second-order valence-corrected chi connectivity index (χ2v) is 5.15. The van der Waals surface area contributed by atoms with E-state index in [2.05, 4.69) is 28.6 Å². The van der Waals surface area contributed by atoms with E-state index in [0.29, 0.717) is 0 Å². The van der Waals surface area contributed by atoms with Crippen molar-refractivity contribution in [2.75, 3.05) is 28.2 Å². The molecular weight excluding hydrogens is 320 g/mol. The third-order valence-corrected chi connectivity index (χ3v) is 3.22. The highest BCUT2D eigenvalue weighted by atomic mass is 16.2. The maximum Gasteiger partial charge on any atom is 0.278 e. The van der Waals surface area contributed by atoms with Crippen molar-refractivity contribution in [2.24, 2.45) is 0 Å². The molecule has 0 aliphatic rings. The Bertz CT molecular complexity index is 440. The highest BCUT2D eigenvalue weighted by Gasteiger charge is 2.11. The second kappa shape index (κ2) is 15.8. The van der Waals surface area contributed by atoms with E-state index in [1.807, 2.05) is 26.0 Å². The van der Waals surface area contributed by atoms with Gasteiger partial charge in [0.25, 0.3) is 11.8 Å². The largest absolute Gasteiger partial charge is 0.278 e. The number of hydrazine groups is 4. The third kappa shape index (κ3) is 10.7. The summed E-state index contributed by atoms with van der Waals surface area (Å²) in [4.78, 5) is 23.0. The van der Waals surface area contributed by atoms with Gasteiger partial charge in [0.1, 0.15) is 0 Å². The monoisotopic (exact) mass is 356 g/mol. The minimum Gasteiger partial charge on any atom is -0.267 e. The fourth-order valence-corrected chi connectivity index (χ4v) is 1.82. The van der Waals surface area contributed by atoms with E-state index in [9.17, 15) is 9.59 Å². The summed E-state index contributed by atoms with van der Waals surface area (Å²) >= 11 is 0. The van der Waals surface area contributed by atoms with E-state index >= 15 is 0 Å². The van der Waals surface area contributed by atoms with Crippen LogP contribution in [0.3, 0.4) is 0 Å². The quantitative estimate of drug-likeness (QED) is 0.368. The molecule has 0 spiro atoms. The highest BCUT2D eigenvalue weighted by Crippen LogP contribution is 2.00. The van der Waals surface area contributed by atoms with Crippen LogP contribution in [0, 0.1) is 0 Å². The Morgan fingerprint density at radius 1 is 0.760 bits per heavy atom. The van der Waals surface area contributed by atoms with Gasteiger partial charge in [-0.1, -0.05) is 32.4 Å². The number of unbranched alkanes of at least 4 members (excludes halogenated alkanes) is 1. The molecule has 0 aromatic carbocycles. The molecule has 0 radical (unpaired) electrons. The highest BCUT2D eigenvalue weighted by molar-refractivity contribution is 5.92. The van der Waals surface area contributed by atoms with Crippen LogP contribution in [0.15, 0.2) is 23.3 Å². The SMILES string of the molecule is CCC=C(C)C(=O)N(NC)NC.CCCC=C(C)C(=O)N(NC)NC. The summed E-state index contributed by atoms with van der Waals surface area (Å²) in [6.07, 6.45) is 6.72. The molecule has 0 aromatic rings. The number of hydrogen-bond donors (Lipinski definition) is 4. The Morgan fingerprint density at radius 3 is 1.40 bits per heavy atom. The van der Waals surface area contributed by atoms with Crippen molar-refractivity contribution < 1.29 is 9.59 Å². The van der Waals surface area contributed by atoms with Gasteiger partial charge >= 0.3 is 0 Å². The van der Waals surface area contributed by atoms with Crippen LogP contribution in [0.25, 0.3) is 0 Å². The number of carbonyl (C=O) groups excluding carboxylic acids is 2. The summed E-state index contributed by atoms with van der Waals surface area (Å²) in [5.74, 6) is -0.0969. The van der Waals surface area contributed by atoms with Crippen LogP contribution in [0.2, 0.25) is 0 Å². The Balaban J connectivity index is 0. The van der Waals surface area contributed by atoms with Gasteiger partial charge in [0.2, 0.25) is 0 Å². The van der Waals surface area contributed by atoms with Gasteiger partial charge in [0.15, 0.2) is 0 Å². The summed E-state index contributed by atoms with van der Waals surface area (Å²) in [7, 11) is 6.77. The number of rotatable bonds is 9. The first-order valence-corrected chi connectivity index (χ1v) is 8.56. The molecule has 0 aliphatic heterocycles. The topological polar surface area (TPSA) is 88.7 Å². The molecule has 0 unspecified atom stereocenters. The van der Waals surface area contributed by atoms with Crippen molar-refractivity contribution in [3.8, 4) is 0 Å². The smallest absolute Gasteiger partial charge is 0.267 e. The molecule has 8 nitrogen and oxygen atoms in total. The molecule has 0 aliphatic carbocycles. The third-order valence-electron chi connectivity index (χ3n) is 3.22. The molecule has 0 heterocycles. The first-order chi connectivity index (χ1) is 11.8. The van der Waals surface area contributed by atoms with Crippen LogP contribution >= 0.6 is 0 Å². The Morgan fingerprint density at radius 2 is 1.12 bits per heavy atom.